The molecule has 0 spiro atoms. The van der Waals surface area contributed by atoms with Crippen LogP contribution >= 0.6 is 0 Å². The molecule has 0 aliphatic rings. The average Bonchev–Trinajstić information content (AvgIpc) is 2.90. The molecule has 2 aromatic carbocycles. The molecule has 0 saturated carbocycles. The molecular weight excluding hydrogens is 251 g/mol. The van der Waals surface area contributed by atoms with Crippen LogP contribution in [0, 0.1) is 17.1 Å². The van der Waals surface area contributed by atoms with Crippen molar-refractivity contribution in [1.29, 1.82) is 5.26 Å². The van der Waals surface area contributed by atoms with Crippen LogP contribution in [0.3, 0.4) is 0 Å². The maximum atomic E-state index is 14.1. The molecule has 0 aliphatic carbocycles. The highest BCUT2D eigenvalue weighted by molar-refractivity contribution is 5.64. The average molecular weight is 262 g/mol. The zero-order valence-corrected chi connectivity index (χ0v) is 10.6. The van der Waals surface area contributed by atoms with Crippen molar-refractivity contribution in [1.82, 2.24) is 4.57 Å². The van der Waals surface area contributed by atoms with Crippen molar-refractivity contribution in [2.75, 3.05) is 0 Å². The Balaban J connectivity index is 2.14. The minimum Gasteiger partial charge on any atom is -0.314 e. The van der Waals surface area contributed by atoms with Gasteiger partial charge in [-0.15, -0.1) is 0 Å². The Bertz CT molecular complexity index is 765. The summed E-state index contributed by atoms with van der Waals surface area (Å²) in [6.45, 7) is 0. The molecule has 0 saturated heterocycles. The number of aromatic nitrogens is 1. The summed E-state index contributed by atoms with van der Waals surface area (Å²) in [5.74, 6) is -0.279. The van der Waals surface area contributed by atoms with Crippen molar-refractivity contribution in [3.05, 3.63) is 78.2 Å². The van der Waals surface area contributed by atoms with E-state index in [0.717, 1.165) is 11.3 Å². The highest BCUT2D eigenvalue weighted by atomic mass is 19.1. The molecule has 0 radical (unpaired) electrons. The van der Waals surface area contributed by atoms with Crippen LogP contribution in [0.5, 0.6) is 0 Å². The van der Waals surface area contributed by atoms with E-state index in [0.29, 0.717) is 11.3 Å². The number of benzene rings is 2. The second-order valence-electron chi connectivity index (χ2n) is 4.41. The van der Waals surface area contributed by atoms with Crippen molar-refractivity contribution in [2.45, 2.75) is 0 Å². The van der Waals surface area contributed by atoms with Crippen LogP contribution in [-0.4, -0.2) is 4.57 Å². The van der Waals surface area contributed by atoms with E-state index in [1.165, 1.54) is 6.07 Å². The summed E-state index contributed by atoms with van der Waals surface area (Å²) in [6.07, 6.45) is 1.71. The molecule has 0 amide bonds. The van der Waals surface area contributed by atoms with E-state index in [1.54, 1.807) is 35.0 Å². The number of rotatable bonds is 2. The lowest BCUT2D eigenvalue weighted by atomic mass is 10.1. The molecule has 0 N–H and O–H groups in total. The molecule has 1 heterocycles. The lowest BCUT2D eigenvalue weighted by Crippen LogP contribution is -1.96. The first kappa shape index (κ1) is 12.2. The zero-order chi connectivity index (χ0) is 13.9. The van der Waals surface area contributed by atoms with Crippen molar-refractivity contribution >= 4 is 0 Å². The highest BCUT2D eigenvalue weighted by Crippen LogP contribution is 2.27. The SMILES string of the molecule is N#Cc1ccc(-c2c(F)ccn2-c2ccccc2)cc1. The van der Waals surface area contributed by atoms with Gasteiger partial charge in [0.1, 0.15) is 5.82 Å². The smallest absolute Gasteiger partial charge is 0.149 e. The molecule has 0 unspecified atom stereocenters. The largest absolute Gasteiger partial charge is 0.314 e. The first-order chi connectivity index (χ1) is 9.79. The van der Waals surface area contributed by atoms with Crippen LogP contribution in [0.4, 0.5) is 4.39 Å². The van der Waals surface area contributed by atoms with Gasteiger partial charge in [0.15, 0.2) is 0 Å². The Morgan fingerprint density at radius 1 is 0.900 bits per heavy atom. The molecule has 3 rings (SSSR count). The highest BCUT2D eigenvalue weighted by Gasteiger charge is 2.12. The van der Waals surface area contributed by atoms with E-state index in [-0.39, 0.29) is 5.82 Å². The van der Waals surface area contributed by atoms with Gasteiger partial charge >= 0.3 is 0 Å². The zero-order valence-electron chi connectivity index (χ0n) is 10.6. The summed E-state index contributed by atoms with van der Waals surface area (Å²) in [6, 6.07) is 20.0. The van der Waals surface area contributed by atoms with Crippen LogP contribution < -0.4 is 0 Å². The number of hydrogen-bond acceptors (Lipinski definition) is 1. The summed E-state index contributed by atoms with van der Waals surface area (Å²) >= 11 is 0. The van der Waals surface area contributed by atoms with Gasteiger partial charge < -0.3 is 4.57 Å². The maximum absolute atomic E-state index is 14.1. The van der Waals surface area contributed by atoms with E-state index < -0.39 is 0 Å². The third-order valence-electron chi connectivity index (χ3n) is 3.16. The Labute approximate surface area is 116 Å². The fourth-order valence-electron chi connectivity index (χ4n) is 2.19. The summed E-state index contributed by atoms with van der Waals surface area (Å²) in [4.78, 5) is 0. The normalized spacial score (nSPS) is 10.2. The van der Waals surface area contributed by atoms with Gasteiger partial charge in [-0.05, 0) is 30.3 Å². The lowest BCUT2D eigenvalue weighted by molar-refractivity contribution is 0.631. The standard InChI is InChI=1S/C17H11FN2/c18-16-10-11-20(15-4-2-1-3-5-15)17(16)14-8-6-13(12-19)7-9-14/h1-11H. The predicted octanol–water partition coefficient (Wildman–Crippen LogP) is 4.16. The summed E-state index contributed by atoms with van der Waals surface area (Å²) in [7, 11) is 0. The van der Waals surface area contributed by atoms with Crippen molar-refractivity contribution in [2.24, 2.45) is 0 Å². The predicted molar refractivity (Wildman–Crippen MR) is 75.9 cm³/mol. The van der Waals surface area contributed by atoms with E-state index in [2.05, 4.69) is 6.07 Å². The lowest BCUT2D eigenvalue weighted by Gasteiger charge is -2.09. The van der Waals surface area contributed by atoms with Crippen LogP contribution in [0.25, 0.3) is 16.9 Å². The van der Waals surface area contributed by atoms with Crippen molar-refractivity contribution < 1.29 is 4.39 Å². The van der Waals surface area contributed by atoms with E-state index in [4.69, 9.17) is 5.26 Å². The summed E-state index contributed by atoms with van der Waals surface area (Å²) in [5, 5.41) is 8.82. The molecule has 96 valence electrons. The first-order valence-electron chi connectivity index (χ1n) is 6.22. The molecule has 3 heteroatoms. The molecule has 0 atom stereocenters. The quantitative estimate of drug-likeness (QED) is 0.681. The fourth-order valence-corrected chi connectivity index (χ4v) is 2.19. The van der Waals surface area contributed by atoms with E-state index >= 15 is 0 Å². The van der Waals surface area contributed by atoms with Gasteiger partial charge in [-0.2, -0.15) is 5.26 Å². The molecule has 0 aliphatic heterocycles. The minimum absolute atomic E-state index is 0.279. The number of nitriles is 1. The number of halogens is 1. The number of hydrogen-bond donors (Lipinski definition) is 0. The molecule has 2 nitrogen and oxygen atoms in total. The van der Waals surface area contributed by atoms with Crippen molar-refractivity contribution in [3.8, 4) is 23.0 Å². The monoisotopic (exact) mass is 262 g/mol. The van der Waals surface area contributed by atoms with Gasteiger partial charge in [-0.1, -0.05) is 30.3 Å². The number of para-hydroxylation sites is 1. The molecule has 0 fully saturated rings. The van der Waals surface area contributed by atoms with Crippen LogP contribution in [0.15, 0.2) is 66.9 Å². The van der Waals surface area contributed by atoms with Gasteiger partial charge in [0, 0.05) is 17.4 Å². The third-order valence-corrected chi connectivity index (χ3v) is 3.16. The van der Waals surface area contributed by atoms with Gasteiger partial charge in [0.25, 0.3) is 0 Å². The maximum Gasteiger partial charge on any atom is 0.149 e. The van der Waals surface area contributed by atoms with Gasteiger partial charge in [0.05, 0.1) is 17.3 Å². The fraction of sp³-hybridized carbons (Fsp3) is 0. The molecular formula is C17H11FN2. The summed E-state index contributed by atoms with van der Waals surface area (Å²) < 4.78 is 15.9. The third kappa shape index (κ3) is 2.08. The Kier molecular flexibility index (Phi) is 3.06. The van der Waals surface area contributed by atoms with E-state index in [1.807, 2.05) is 30.3 Å². The Morgan fingerprint density at radius 3 is 2.25 bits per heavy atom. The molecule has 3 aromatic rings. The van der Waals surface area contributed by atoms with Crippen LogP contribution in [0.1, 0.15) is 5.56 Å². The van der Waals surface area contributed by atoms with Gasteiger partial charge in [-0.3, -0.25) is 0 Å². The van der Waals surface area contributed by atoms with Crippen molar-refractivity contribution in [3.63, 3.8) is 0 Å². The minimum atomic E-state index is -0.279. The van der Waals surface area contributed by atoms with Gasteiger partial charge in [0.2, 0.25) is 0 Å². The van der Waals surface area contributed by atoms with Gasteiger partial charge in [-0.25, -0.2) is 4.39 Å². The second kappa shape index (κ2) is 5.02. The Morgan fingerprint density at radius 2 is 1.60 bits per heavy atom. The molecule has 20 heavy (non-hydrogen) atoms. The number of nitrogens with zero attached hydrogens (tertiary/aromatic N) is 2. The molecule has 1 aromatic heterocycles. The topological polar surface area (TPSA) is 28.7 Å². The van der Waals surface area contributed by atoms with Crippen LogP contribution in [-0.2, 0) is 0 Å². The molecule has 0 bridgehead atoms. The first-order valence-corrected chi connectivity index (χ1v) is 6.22. The summed E-state index contributed by atoms with van der Waals surface area (Å²) in [5.41, 5.74) is 2.71. The van der Waals surface area contributed by atoms with Crippen LogP contribution in [0.2, 0.25) is 0 Å². The second-order valence-corrected chi connectivity index (χ2v) is 4.41. The van der Waals surface area contributed by atoms with E-state index in [9.17, 15) is 4.39 Å². The Hall–Kier alpha value is -2.86.